The van der Waals surface area contributed by atoms with Gasteiger partial charge in [-0.2, -0.15) is 0 Å². The van der Waals surface area contributed by atoms with Crippen molar-refractivity contribution in [2.75, 3.05) is 13.2 Å². The number of benzene rings is 2. The molecule has 2 aromatic rings. The van der Waals surface area contributed by atoms with Crippen LogP contribution in [0.2, 0.25) is 0 Å². The van der Waals surface area contributed by atoms with Crippen molar-refractivity contribution in [2.24, 2.45) is 0 Å². The molecule has 2 aromatic carbocycles. The topological polar surface area (TPSA) is 117 Å². The van der Waals surface area contributed by atoms with Gasteiger partial charge in [-0.15, -0.1) is 0 Å². The third-order valence-corrected chi connectivity index (χ3v) is 4.04. The van der Waals surface area contributed by atoms with Crippen molar-refractivity contribution < 1.29 is 28.7 Å². The van der Waals surface area contributed by atoms with Crippen molar-refractivity contribution >= 4 is 17.6 Å². The van der Waals surface area contributed by atoms with E-state index in [-0.39, 0.29) is 36.8 Å². The van der Waals surface area contributed by atoms with E-state index in [4.69, 9.17) is 14.2 Å². The molecule has 146 valence electrons. The Bertz CT molecular complexity index is 899. The molecule has 0 saturated heterocycles. The molecule has 1 atom stereocenters. The van der Waals surface area contributed by atoms with Crippen LogP contribution in [0, 0.1) is 10.1 Å². The highest BCUT2D eigenvalue weighted by Crippen LogP contribution is 2.37. The Balaban J connectivity index is 1.69. The number of esters is 1. The number of nitro benzene ring substituents is 1. The molecule has 3 rings (SSSR count). The molecular formula is C19H18N2O7. The maximum atomic E-state index is 12.4. The van der Waals surface area contributed by atoms with E-state index in [1.165, 1.54) is 13.0 Å². The molecule has 28 heavy (non-hydrogen) atoms. The Kier molecular flexibility index (Phi) is 5.73. The molecule has 1 heterocycles. The summed E-state index contributed by atoms with van der Waals surface area (Å²) in [6, 6.07) is 11.5. The molecule has 1 amide bonds. The van der Waals surface area contributed by atoms with Crippen LogP contribution < -0.4 is 14.8 Å². The average molecular weight is 386 g/mol. The smallest absolute Gasteiger partial charge is 0.346 e. The van der Waals surface area contributed by atoms with Crippen molar-refractivity contribution in [3.63, 3.8) is 0 Å². The second kappa shape index (κ2) is 8.38. The van der Waals surface area contributed by atoms with Gasteiger partial charge in [0.1, 0.15) is 18.8 Å². The second-order valence-electron chi connectivity index (χ2n) is 6.02. The monoisotopic (exact) mass is 386 g/mol. The summed E-state index contributed by atoms with van der Waals surface area (Å²) in [6.07, 6.45) is -1.14. The Morgan fingerprint density at radius 1 is 1.18 bits per heavy atom. The molecule has 0 unspecified atom stereocenters. The van der Waals surface area contributed by atoms with E-state index in [9.17, 15) is 19.7 Å². The lowest BCUT2D eigenvalue weighted by Gasteiger charge is -2.19. The number of rotatable bonds is 6. The highest BCUT2D eigenvalue weighted by molar-refractivity contribution is 5.96. The van der Waals surface area contributed by atoms with Gasteiger partial charge < -0.3 is 19.5 Å². The van der Waals surface area contributed by atoms with E-state index in [1.54, 1.807) is 0 Å². The average Bonchev–Trinajstić information content (AvgIpc) is 2.71. The zero-order chi connectivity index (χ0) is 20.1. The fourth-order valence-corrected chi connectivity index (χ4v) is 2.60. The number of fused-ring (bicyclic) bond motifs is 1. The molecular weight excluding hydrogens is 368 g/mol. The van der Waals surface area contributed by atoms with E-state index in [2.05, 4.69) is 5.32 Å². The summed E-state index contributed by atoms with van der Waals surface area (Å²) in [6.45, 7) is 2.18. The zero-order valence-electron chi connectivity index (χ0n) is 15.0. The number of carbonyl (C=O) groups excluding carboxylic acids is 2. The maximum Gasteiger partial charge on any atom is 0.346 e. The number of ether oxygens (including phenoxy) is 3. The summed E-state index contributed by atoms with van der Waals surface area (Å²) in [5.74, 6) is -1.11. The fourth-order valence-electron chi connectivity index (χ4n) is 2.60. The van der Waals surface area contributed by atoms with Crippen LogP contribution in [0.1, 0.15) is 22.8 Å². The normalized spacial score (nSPS) is 13.3. The first-order valence-electron chi connectivity index (χ1n) is 8.56. The summed E-state index contributed by atoms with van der Waals surface area (Å²) in [5.41, 5.74) is 0.0972. The van der Waals surface area contributed by atoms with Crippen molar-refractivity contribution in [3.8, 4) is 11.5 Å². The molecule has 0 aliphatic carbocycles. The Hall–Kier alpha value is -3.62. The molecule has 0 saturated carbocycles. The summed E-state index contributed by atoms with van der Waals surface area (Å²) in [5, 5.41) is 14.0. The standard InChI is InChI=1S/C19H18N2O7/c1-12(18(22)20-11-13-5-3-2-4-6-13)28-19(23)14-9-16-17(27-8-7-26-16)10-15(14)21(24)25/h2-6,9-10,12H,7-8,11H2,1H3,(H,20,22)/t12-/m1/s1. The molecule has 1 aliphatic rings. The summed E-state index contributed by atoms with van der Waals surface area (Å²) in [7, 11) is 0. The van der Waals surface area contributed by atoms with Crippen LogP contribution in [0.3, 0.4) is 0 Å². The number of nitrogens with zero attached hydrogens (tertiary/aromatic N) is 1. The predicted molar refractivity (Wildman–Crippen MR) is 97.3 cm³/mol. The minimum absolute atomic E-state index is 0.183. The van der Waals surface area contributed by atoms with Crippen LogP contribution in [0.25, 0.3) is 0 Å². The van der Waals surface area contributed by atoms with E-state index in [1.807, 2.05) is 30.3 Å². The lowest BCUT2D eigenvalue weighted by atomic mass is 10.1. The number of nitrogens with one attached hydrogen (secondary N) is 1. The number of nitro groups is 1. The van der Waals surface area contributed by atoms with Crippen molar-refractivity contribution in [1.29, 1.82) is 0 Å². The van der Waals surface area contributed by atoms with Crippen LogP contribution in [0.15, 0.2) is 42.5 Å². The quantitative estimate of drug-likeness (QED) is 0.459. The minimum atomic E-state index is -1.14. The summed E-state index contributed by atoms with van der Waals surface area (Å²) >= 11 is 0. The third kappa shape index (κ3) is 4.37. The SMILES string of the molecule is C[C@@H](OC(=O)c1cc2c(cc1[N+](=O)[O-])OCCO2)C(=O)NCc1ccccc1. The maximum absolute atomic E-state index is 12.4. The summed E-state index contributed by atoms with van der Waals surface area (Å²) < 4.78 is 15.8. The highest BCUT2D eigenvalue weighted by atomic mass is 16.6. The molecule has 1 N–H and O–H groups in total. The van der Waals surface area contributed by atoms with Crippen molar-refractivity contribution in [3.05, 3.63) is 63.7 Å². The lowest BCUT2D eigenvalue weighted by molar-refractivity contribution is -0.385. The van der Waals surface area contributed by atoms with Gasteiger partial charge >= 0.3 is 5.97 Å². The van der Waals surface area contributed by atoms with Gasteiger partial charge in [0.25, 0.3) is 11.6 Å². The Morgan fingerprint density at radius 2 is 1.82 bits per heavy atom. The van der Waals surface area contributed by atoms with Crippen molar-refractivity contribution in [2.45, 2.75) is 19.6 Å². The molecule has 0 fully saturated rings. The summed E-state index contributed by atoms with van der Waals surface area (Å²) in [4.78, 5) is 35.2. The van der Waals surface area contributed by atoms with Gasteiger partial charge in [-0.25, -0.2) is 4.79 Å². The van der Waals surface area contributed by atoms with Gasteiger partial charge in [0, 0.05) is 12.6 Å². The van der Waals surface area contributed by atoms with Gasteiger partial charge in [0.15, 0.2) is 17.6 Å². The van der Waals surface area contributed by atoms with Crippen LogP contribution in [-0.2, 0) is 16.1 Å². The number of carbonyl (C=O) groups is 2. The number of hydrogen-bond acceptors (Lipinski definition) is 7. The van der Waals surface area contributed by atoms with E-state index >= 15 is 0 Å². The molecule has 0 radical (unpaired) electrons. The second-order valence-corrected chi connectivity index (χ2v) is 6.02. The van der Waals surface area contributed by atoms with Gasteiger partial charge in [-0.3, -0.25) is 14.9 Å². The zero-order valence-corrected chi connectivity index (χ0v) is 15.0. The van der Waals surface area contributed by atoms with Crippen molar-refractivity contribution in [1.82, 2.24) is 5.32 Å². The van der Waals surface area contributed by atoms with Crippen LogP contribution >= 0.6 is 0 Å². The largest absolute Gasteiger partial charge is 0.486 e. The third-order valence-electron chi connectivity index (χ3n) is 4.04. The van der Waals surface area contributed by atoms with Gasteiger partial charge in [0.05, 0.1) is 11.0 Å². The molecule has 0 aromatic heterocycles. The molecule has 0 bridgehead atoms. The Labute approximate surface area is 160 Å². The lowest BCUT2D eigenvalue weighted by Crippen LogP contribution is -2.35. The highest BCUT2D eigenvalue weighted by Gasteiger charge is 2.29. The first-order chi connectivity index (χ1) is 13.5. The molecule has 1 aliphatic heterocycles. The van der Waals surface area contributed by atoms with Gasteiger partial charge in [-0.1, -0.05) is 30.3 Å². The van der Waals surface area contributed by atoms with Crippen LogP contribution in [0.4, 0.5) is 5.69 Å². The number of amides is 1. The van der Waals surface area contributed by atoms with E-state index in [0.29, 0.717) is 0 Å². The fraction of sp³-hybridized carbons (Fsp3) is 0.263. The molecule has 9 heteroatoms. The first kappa shape index (κ1) is 19.2. The number of hydrogen-bond donors (Lipinski definition) is 1. The Morgan fingerprint density at radius 3 is 2.46 bits per heavy atom. The van der Waals surface area contributed by atoms with Gasteiger partial charge in [-0.05, 0) is 12.5 Å². The molecule has 9 nitrogen and oxygen atoms in total. The van der Waals surface area contributed by atoms with Crippen LogP contribution in [-0.4, -0.2) is 36.1 Å². The van der Waals surface area contributed by atoms with Gasteiger partial charge in [0.2, 0.25) is 0 Å². The predicted octanol–water partition coefficient (Wildman–Crippen LogP) is 2.23. The molecule has 0 spiro atoms. The first-order valence-corrected chi connectivity index (χ1v) is 8.56. The minimum Gasteiger partial charge on any atom is -0.486 e. The van der Waals surface area contributed by atoms with E-state index < -0.39 is 28.6 Å². The van der Waals surface area contributed by atoms with Crippen LogP contribution in [0.5, 0.6) is 11.5 Å². The van der Waals surface area contributed by atoms with E-state index in [0.717, 1.165) is 11.6 Å².